The largest absolute Gasteiger partial charge is 0.374 e. The summed E-state index contributed by atoms with van der Waals surface area (Å²) in [4.78, 5) is 12.1. The quantitative estimate of drug-likeness (QED) is 0.856. The molecule has 1 saturated heterocycles. The van der Waals surface area contributed by atoms with Crippen molar-refractivity contribution in [2.24, 2.45) is 0 Å². The molecule has 0 bridgehead atoms. The van der Waals surface area contributed by atoms with E-state index in [-0.39, 0.29) is 12.0 Å². The van der Waals surface area contributed by atoms with Gasteiger partial charge in [-0.2, -0.15) is 0 Å². The summed E-state index contributed by atoms with van der Waals surface area (Å²) in [5.41, 5.74) is 4.98. The van der Waals surface area contributed by atoms with Gasteiger partial charge in [-0.05, 0) is 33.1 Å². The smallest absolute Gasteiger partial charge is 0.249 e. The number of hydrogen-bond donors (Lipinski definition) is 2. The first-order valence-electron chi connectivity index (χ1n) is 6.02. The highest BCUT2D eigenvalue weighted by Gasteiger charge is 2.31. The van der Waals surface area contributed by atoms with Gasteiger partial charge in [-0.25, -0.2) is 0 Å². The Labute approximate surface area is 110 Å². The molecule has 0 saturated carbocycles. The fourth-order valence-electron chi connectivity index (χ4n) is 1.88. The topological polar surface area (TPSA) is 90.1 Å². The third-order valence-corrected chi connectivity index (χ3v) is 3.96. The van der Waals surface area contributed by atoms with E-state index in [9.17, 15) is 4.79 Å². The summed E-state index contributed by atoms with van der Waals surface area (Å²) < 4.78 is 5.46. The molecule has 18 heavy (non-hydrogen) atoms. The van der Waals surface area contributed by atoms with Crippen LogP contribution in [0.1, 0.15) is 38.1 Å². The fourth-order valence-corrected chi connectivity index (χ4v) is 2.54. The molecule has 0 aliphatic carbocycles. The predicted octanol–water partition coefficient (Wildman–Crippen LogP) is 1.04. The van der Waals surface area contributed by atoms with Gasteiger partial charge in [-0.15, -0.1) is 10.2 Å². The van der Waals surface area contributed by atoms with Crippen molar-refractivity contribution in [1.29, 1.82) is 0 Å². The minimum atomic E-state index is -0.576. The van der Waals surface area contributed by atoms with E-state index in [1.807, 2.05) is 13.8 Å². The summed E-state index contributed by atoms with van der Waals surface area (Å²) in [7, 11) is 0. The zero-order valence-electron chi connectivity index (χ0n) is 10.6. The molecule has 1 atom stereocenters. The standard InChI is InChI=1S/C11H18N4O2S/c1-11(2,9-14-15-10(12)18-9)13-8(16)7-5-3-4-6-17-7/h7H,3-6H2,1-2H3,(H2,12,15)(H,13,16)/t7-/m0/s1. The van der Waals surface area contributed by atoms with Gasteiger partial charge in [0.25, 0.3) is 0 Å². The van der Waals surface area contributed by atoms with Crippen LogP contribution >= 0.6 is 11.3 Å². The SMILES string of the molecule is CC(C)(NC(=O)[C@@H]1CCCCO1)c1nnc(N)s1. The van der Waals surface area contributed by atoms with Crippen LogP contribution in [0.5, 0.6) is 0 Å². The number of carbonyl (C=O) groups excluding carboxylic acids is 1. The van der Waals surface area contributed by atoms with Crippen LogP contribution in [-0.4, -0.2) is 28.8 Å². The maximum atomic E-state index is 12.1. The van der Waals surface area contributed by atoms with E-state index in [0.717, 1.165) is 19.3 Å². The molecule has 0 spiro atoms. The van der Waals surface area contributed by atoms with Crippen LogP contribution in [-0.2, 0) is 15.1 Å². The lowest BCUT2D eigenvalue weighted by Gasteiger charge is -2.28. The average Bonchev–Trinajstić information content (AvgIpc) is 2.77. The van der Waals surface area contributed by atoms with Crippen molar-refractivity contribution in [3.8, 4) is 0 Å². The Balaban J connectivity index is 2.00. The van der Waals surface area contributed by atoms with Gasteiger partial charge in [0, 0.05) is 6.61 Å². The summed E-state index contributed by atoms with van der Waals surface area (Å²) >= 11 is 1.28. The molecule has 1 aromatic rings. The van der Waals surface area contributed by atoms with Crippen molar-refractivity contribution in [2.75, 3.05) is 12.3 Å². The number of nitrogens with zero attached hydrogens (tertiary/aromatic N) is 2. The van der Waals surface area contributed by atoms with E-state index in [1.165, 1.54) is 11.3 Å². The van der Waals surface area contributed by atoms with E-state index in [4.69, 9.17) is 10.5 Å². The van der Waals surface area contributed by atoms with Crippen molar-refractivity contribution < 1.29 is 9.53 Å². The highest BCUT2D eigenvalue weighted by atomic mass is 32.1. The first kappa shape index (κ1) is 13.2. The van der Waals surface area contributed by atoms with E-state index in [2.05, 4.69) is 15.5 Å². The number of aromatic nitrogens is 2. The van der Waals surface area contributed by atoms with Gasteiger partial charge in [0.05, 0.1) is 5.54 Å². The number of ether oxygens (including phenoxy) is 1. The van der Waals surface area contributed by atoms with Crippen LogP contribution in [0.4, 0.5) is 5.13 Å². The molecule has 1 aromatic heterocycles. The Hall–Kier alpha value is -1.21. The van der Waals surface area contributed by atoms with E-state index >= 15 is 0 Å². The van der Waals surface area contributed by atoms with Crippen LogP contribution < -0.4 is 11.1 Å². The third kappa shape index (κ3) is 2.97. The number of anilines is 1. The molecule has 0 aromatic carbocycles. The van der Waals surface area contributed by atoms with Gasteiger partial charge >= 0.3 is 0 Å². The van der Waals surface area contributed by atoms with Gasteiger partial charge in [0.2, 0.25) is 11.0 Å². The lowest BCUT2D eigenvalue weighted by Crippen LogP contribution is -2.47. The van der Waals surface area contributed by atoms with Gasteiger partial charge in [0.1, 0.15) is 11.1 Å². The lowest BCUT2D eigenvalue weighted by atomic mass is 10.0. The second kappa shape index (κ2) is 5.19. The fraction of sp³-hybridized carbons (Fsp3) is 0.727. The number of amides is 1. The molecule has 3 N–H and O–H groups in total. The van der Waals surface area contributed by atoms with Gasteiger partial charge in [-0.1, -0.05) is 11.3 Å². The zero-order valence-corrected chi connectivity index (χ0v) is 11.4. The highest BCUT2D eigenvalue weighted by molar-refractivity contribution is 7.15. The van der Waals surface area contributed by atoms with Crippen molar-refractivity contribution in [3.63, 3.8) is 0 Å². The molecule has 2 heterocycles. The molecule has 6 nitrogen and oxygen atoms in total. The molecular weight excluding hydrogens is 252 g/mol. The van der Waals surface area contributed by atoms with E-state index < -0.39 is 5.54 Å². The monoisotopic (exact) mass is 270 g/mol. The van der Waals surface area contributed by atoms with Gasteiger partial charge < -0.3 is 15.8 Å². The number of nitrogen functional groups attached to an aromatic ring is 1. The molecule has 2 rings (SSSR count). The maximum Gasteiger partial charge on any atom is 0.249 e. The van der Waals surface area contributed by atoms with E-state index in [1.54, 1.807) is 0 Å². The Bertz CT molecular complexity index is 426. The van der Waals surface area contributed by atoms with Crippen LogP contribution in [0.2, 0.25) is 0 Å². The summed E-state index contributed by atoms with van der Waals surface area (Å²) in [6, 6.07) is 0. The van der Waals surface area contributed by atoms with Crippen LogP contribution in [0.25, 0.3) is 0 Å². The third-order valence-electron chi connectivity index (χ3n) is 2.88. The van der Waals surface area contributed by atoms with Crippen molar-refractivity contribution >= 4 is 22.4 Å². The Kier molecular flexibility index (Phi) is 3.82. The minimum Gasteiger partial charge on any atom is -0.374 e. The molecule has 0 radical (unpaired) electrons. The second-order valence-electron chi connectivity index (χ2n) is 4.91. The number of nitrogens with one attached hydrogen (secondary N) is 1. The summed E-state index contributed by atoms with van der Waals surface area (Å²) in [5.74, 6) is -0.0894. The normalized spacial score (nSPS) is 20.7. The molecule has 1 amide bonds. The molecule has 1 aliphatic heterocycles. The van der Waals surface area contributed by atoms with E-state index in [0.29, 0.717) is 16.7 Å². The number of hydrogen-bond acceptors (Lipinski definition) is 6. The van der Waals surface area contributed by atoms with Crippen molar-refractivity contribution in [1.82, 2.24) is 15.5 Å². The van der Waals surface area contributed by atoms with Crippen LogP contribution in [0.3, 0.4) is 0 Å². The minimum absolute atomic E-state index is 0.0894. The molecular formula is C11H18N4O2S. The Morgan fingerprint density at radius 3 is 2.83 bits per heavy atom. The highest BCUT2D eigenvalue weighted by Crippen LogP contribution is 2.25. The molecule has 7 heteroatoms. The Morgan fingerprint density at radius 2 is 2.28 bits per heavy atom. The Morgan fingerprint density at radius 1 is 1.50 bits per heavy atom. The molecule has 0 unspecified atom stereocenters. The predicted molar refractivity (Wildman–Crippen MR) is 69.1 cm³/mol. The summed E-state index contributed by atoms with van der Waals surface area (Å²) in [5, 5.41) is 11.8. The molecule has 1 fully saturated rings. The molecule has 1 aliphatic rings. The number of rotatable bonds is 3. The number of nitrogens with two attached hydrogens (primary N) is 1. The first-order valence-corrected chi connectivity index (χ1v) is 6.84. The summed E-state index contributed by atoms with van der Waals surface area (Å²) in [6.45, 7) is 4.42. The zero-order chi connectivity index (χ0) is 13.2. The van der Waals surface area contributed by atoms with Gasteiger partial charge in [-0.3, -0.25) is 4.79 Å². The van der Waals surface area contributed by atoms with Crippen LogP contribution in [0.15, 0.2) is 0 Å². The molecule has 100 valence electrons. The van der Waals surface area contributed by atoms with Crippen molar-refractivity contribution in [3.05, 3.63) is 5.01 Å². The summed E-state index contributed by atoms with van der Waals surface area (Å²) in [6.07, 6.45) is 2.49. The first-order chi connectivity index (χ1) is 8.49. The second-order valence-corrected chi connectivity index (χ2v) is 5.92. The van der Waals surface area contributed by atoms with Crippen LogP contribution in [0, 0.1) is 0 Å². The van der Waals surface area contributed by atoms with Crippen molar-refractivity contribution in [2.45, 2.75) is 44.8 Å². The van der Waals surface area contributed by atoms with Gasteiger partial charge in [0.15, 0.2) is 0 Å². The number of carbonyl (C=O) groups is 1. The maximum absolute atomic E-state index is 12.1. The lowest BCUT2D eigenvalue weighted by molar-refractivity contribution is -0.137. The average molecular weight is 270 g/mol.